The van der Waals surface area contributed by atoms with Crippen LogP contribution >= 0.6 is 0 Å². The van der Waals surface area contributed by atoms with E-state index in [1.54, 1.807) is 0 Å². The smallest absolute Gasteiger partial charge is 0.00389 e. The van der Waals surface area contributed by atoms with E-state index in [0.29, 0.717) is 5.41 Å². The summed E-state index contributed by atoms with van der Waals surface area (Å²) in [6.07, 6.45) is 0. The molecule has 0 aliphatic carbocycles. The van der Waals surface area contributed by atoms with E-state index in [-0.39, 0.29) is 0 Å². The van der Waals surface area contributed by atoms with E-state index in [2.05, 4.69) is 39.5 Å². The zero-order valence-corrected chi connectivity index (χ0v) is 8.52. The minimum Gasteiger partial charge on any atom is -0.300 e. The van der Waals surface area contributed by atoms with Crippen molar-refractivity contribution < 1.29 is 0 Å². The molecule has 0 saturated carbocycles. The molecule has 0 amide bonds. The first-order valence-corrected chi connectivity index (χ1v) is 4.67. The van der Waals surface area contributed by atoms with Crippen molar-refractivity contribution in [2.45, 2.75) is 40.7 Å². The lowest BCUT2D eigenvalue weighted by molar-refractivity contribution is 0.242. The molecule has 1 aliphatic heterocycles. The Morgan fingerprint density at radius 2 is 1.91 bits per heavy atom. The predicted octanol–water partition coefficient (Wildman–Crippen LogP) is 2.37. The van der Waals surface area contributed by atoms with Crippen LogP contribution in [-0.2, 0) is 0 Å². The van der Waals surface area contributed by atoms with E-state index >= 15 is 0 Å². The highest BCUT2D eigenvalue weighted by Gasteiger charge is 2.36. The third-order valence-electron chi connectivity index (χ3n) is 3.18. The summed E-state index contributed by atoms with van der Waals surface area (Å²) < 4.78 is 0. The molecule has 1 aliphatic rings. The normalized spacial score (nSPS) is 31.6. The van der Waals surface area contributed by atoms with Gasteiger partial charge < -0.3 is 4.90 Å². The van der Waals surface area contributed by atoms with Gasteiger partial charge in [0, 0.05) is 19.1 Å². The van der Waals surface area contributed by atoms with Crippen molar-refractivity contribution in [2.75, 3.05) is 13.1 Å². The van der Waals surface area contributed by atoms with Gasteiger partial charge in [-0.15, -0.1) is 0 Å². The Morgan fingerprint density at radius 3 is 2.09 bits per heavy atom. The van der Waals surface area contributed by atoms with Crippen LogP contribution in [0.1, 0.15) is 34.6 Å². The molecule has 0 spiro atoms. The maximum atomic E-state index is 2.57. The average molecular weight is 155 g/mol. The van der Waals surface area contributed by atoms with Gasteiger partial charge in [-0.05, 0) is 25.2 Å². The van der Waals surface area contributed by atoms with Crippen molar-refractivity contribution in [3.63, 3.8) is 0 Å². The highest BCUT2D eigenvalue weighted by molar-refractivity contribution is 4.89. The molecular weight excluding hydrogens is 134 g/mol. The highest BCUT2D eigenvalue weighted by Crippen LogP contribution is 2.35. The summed E-state index contributed by atoms with van der Waals surface area (Å²) in [7, 11) is 0. The zero-order valence-electron chi connectivity index (χ0n) is 8.52. The lowest BCUT2D eigenvalue weighted by Crippen LogP contribution is -2.29. The molecular formula is C10H21N. The van der Waals surface area contributed by atoms with Gasteiger partial charge in [-0.2, -0.15) is 0 Å². The molecule has 1 unspecified atom stereocenters. The second kappa shape index (κ2) is 2.78. The summed E-state index contributed by atoms with van der Waals surface area (Å²) in [5.41, 5.74) is 0.532. The van der Waals surface area contributed by atoms with Gasteiger partial charge in [0.2, 0.25) is 0 Å². The second-order valence-electron chi connectivity index (χ2n) is 4.91. The van der Waals surface area contributed by atoms with Gasteiger partial charge in [0.1, 0.15) is 0 Å². The van der Waals surface area contributed by atoms with E-state index < -0.39 is 0 Å². The van der Waals surface area contributed by atoms with Crippen LogP contribution in [0.3, 0.4) is 0 Å². The average Bonchev–Trinajstić information content (AvgIpc) is 2.08. The van der Waals surface area contributed by atoms with Crippen LogP contribution < -0.4 is 0 Å². The summed E-state index contributed by atoms with van der Waals surface area (Å²) >= 11 is 0. The molecule has 0 aromatic heterocycles. The van der Waals surface area contributed by atoms with Crippen LogP contribution in [0.25, 0.3) is 0 Å². The van der Waals surface area contributed by atoms with Crippen molar-refractivity contribution >= 4 is 0 Å². The summed E-state index contributed by atoms with van der Waals surface area (Å²) in [6.45, 7) is 14.2. The Balaban J connectivity index is 2.57. The lowest BCUT2D eigenvalue weighted by atomic mass is 9.84. The highest BCUT2D eigenvalue weighted by atomic mass is 15.2. The Bertz CT molecular complexity index is 138. The molecule has 11 heavy (non-hydrogen) atoms. The standard InChI is InChI=1S/C10H21N/c1-8(2)11-6-9(3)10(4,5)7-11/h8-9H,6-7H2,1-5H3. The van der Waals surface area contributed by atoms with Crippen LogP contribution in [0.5, 0.6) is 0 Å². The minimum absolute atomic E-state index is 0.532. The maximum absolute atomic E-state index is 2.57. The van der Waals surface area contributed by atoms with E-state index in [4.69, 9.17) is 0 Å². The third kappa shape index (κ3) is 1.76. The van der Waals surface area contributed by atoms with Gasteiger partial charge >= 0.3 is 0 Å². The van der Waals surface area contributed by atoms with Crippen LogP contribution in [0.2, 0.25) is 0 Å². The predicted molar refractivity (Wildman–Crippen MR) is 49.7 cm³/mol. The largest absolute Gasteiger partial charge is 0.300 e. The number of nitrogens with zero attached hydrogens (tertiary/aromatic N) is 1. The molecule has 1 atom stereocenters. The van der Waals surface area contributed by atoms with E-state index in [0.717, 1.165) is 12.0 Å². The fraction of sp³-hybridized carbons (Fsp3) is 1.00. The van der Waals surface area contributed by atoms with E-state index in [1.807, 2.05) is 0 Å². The van der Waals surface area contributed by atoms with Crippen molar-refractivity contribution in [3.05, 3.63) is 0 Å². The molecule has 1 heteroatoms. The van der Waals surface area contributed by atoms with Crippen molar-refractivity contribution in [3.8, 4) is 0 Å². The van der Waals surface area contributed by atoms with E-state index in [9.17, 15) is 0 Å². The summed E-state index contributed by atoms with van der Waals surface area (Å²) in [5.74, 6) is 0.852. The third-order valence-corrected chi connectivity index (χ3v) is 3.18. The molecule has 0 radical (unpaired) electrons. The number of likely N-dealkylation sites (tertiary alicyclic amines) is 1. The molecule has 1 fully saturated rings. The molecule has 0 aromatic carbocycles. The molecule has 1 saturated heterocycles. The minimum atomic E-state index is 0.532. The second-order valence-corrected chi connectivity index (χ2v) is 4.91. The monoisotopic (exact) mass is 155 g/mol. The quantitative estimate of drug-likeness (QED) is 0.562. The summed E-state index contributed by atoms with van der Waals surface area (Å²) in [6, 6.07) is 0.722. The fourth-order valence-electron chi connectivity index (χ4n) is 1.74. The van der Waals surface area contributed by atoms with Gasteiger partial charge in [0.05, 0.1) is 0 Å². The fourth-order valence-corrected chi connectivity index (χ4v) is 1.74. The molecule has 0 bridgehead atoms. The Hall–Kier alpha value is -0.0400. The Labute approximate surface area is 70.8 Å². The molecule has 1 nitrogen and oxygen atoms in total. The number of hydrogen-bond acceptors (Lipinski definition) is 1. The molecule has 0 N–H and O–H groups in total. The zero-order chi connectivity index (χ0) is 8.65. The molecule has 0 aromatic rings. The summed E-state index contributed by atoms with van der Waals surface area (Å²) in [5, 5.41) is 0. The first-order chi connectivity index (χ1) is 4.93. The number of rotatable bonds is 1. The SMILES string of the molecule is CC(C)N1CC(C)C(C)(C)C1. The van der Waals surface area contributed by atoms with Crippen molar-refractivity contribution in [1.82, 2.24) is 4.90 Å². The molecule has 66 valence electrons. The van der Waals surface area contributed by atoms with Gasteiger partial charge in [-0.3, -0.25) is 0 Å². The lowest BCUT2D eigenvalue weighted by Gasteiger charge is -2.23. The van der Waals surface area contributed by atoms with Crippen LogP contribution in [0.15, 0.2) is 0 Å². The van der Waals surface area contributed by atoms with Crippen LogP contribution in [-0.4, -0.2) is 24.0 Å². The molecule has 1 rings (SSSR count). The first kappa shape index (κ1) is 9.05. The first-order valence-electron chi connectivity index (χ1n) is 4.67. The Kier molecular flexibility index (Phi) is 2.29. The Morgan fingerprint density at radius 1 is 1.36 bits per heavy atom. The van der Waals surface area contributed by atoms with E-state index in [1.165, 1.54) is 13.1 Å². The van der Waals surface area contributed by atoms with Gasteiger partial charge in [-0.25, -0.2) is 0 Å². The van der Waals surface area contributed by atoms with Gasteiger partial charge in [0.15, 0.2) is 0 Å². The topological polar surface area (TPSA) is 3.24 Å². The van der Waals surface area contributed by atoms with Gasteiger partial charge in [0.25, 0.3) is 0 Å². The number of hydrogen-bond donors (Lipinski definition) is 0. The molecule has 1 heterocycles. The maximum Gasteiger partial charge on any atom is 0.00389 e. The summed E-state index contributed by atoms with van der Waals surface area (Å²) in [4.78, 5) is 2.57. The van der Waals surface area contributed by atoms with Gasteiger partial charge in [-0.1, -0.05) is 20.8 Å². The van der Waals surface area contributed by atoms with Crippen LogP contribution in [0, 0.1) is 11.3 Å². The van der Waals surface area contributed by atoms with Crippen molar-refractivity contribution in [2.24, 2.45) is 11.3 Å². The van der Waals surface area contributed by atoms with Crippen LogP contribution in [0.4, 0.5) is 0 Å². The van der Waals surface area contributed by atoms with Crippen molar-refractivity contribution in [1.29, 1.82) is 0 Å².